The standard InChI is InChI=1S/C22H19F5N2O2S/c1-11-19(32-20-17(26)15(24)14(23)16(25)18(20)27)21(29(28-11)22(2,3)4)31-13(30)10-12-8-6-5-7-9-12/h5-9H,10H2,1-4H3. The van der Waals surface area contributed by atoms with E-state index in [4.69, 9.17) is 4.74 Å². The third-order valence-corrected chi connectivity index (χ3v) is 5.61. The van der Waals surface area contributed by atoms with Gasteiger partial charge in [0, 0.05) is 0 Å². The van der Waals surface area contributed by atoms with E-state index in [0.29, 0.717) is 5.56 Å². The Morgan fingerprint density at radius 1 is 0.938 bits per heavy atom. The van der Waals surface area contributed by atoms with Crippen molar-refractivity contribution in [3.63, 3.8) is 0 Å². The highest BCUT2D eigenvalue weighted by Crippen LogP contribution is 2.43. The second-order valence-corrected chi connectivity index (χ2v) is 8.96. The molecule has 1 aromatic heterocycles. The fourth-order valence-electron chi connectivity index (χ4n) is 2.84. The molecular formula is C22H19F5N2O2S. The number of halogens is 5. The lowest BCUT2D eigenvalue weighted by Crippen LogP contribution is -2.26. The minimum absolute atomic E-state index is 0.0375. The van der Waals surface area contributed by atoms with Crippen molar-refractivity contribution in [1.82, 2.24) is 9.78 Å². The van der Waals surface area contributed by atoms with E-state index in [1.54, 1.807) is 51.1 Å². The van der Waals surface area contributed by atoms with Gasteiger partial charge in [-0.15, -0.1) is 0 Å². The topological polar surface area (TPSA) is 44.1 Å². The number of benzene rings is 2. The van der Waals surface area contributed by atoms with Gasteiger partial charge in [0.2, 0.25) is 11.7 Å². The van der Waals surface area contributed by atoms with E-state index in [-0.39, 0.29) is 34.7 Å². The maximum Gasteiger partial charge on any atom is 0.317 e. The lowest BCUT2D eigenvalue weighted by molar-refractivity contribution is -0.134. The molecule has 0 amide bonds. The summed E-state index contributed by atoms with van der Waals surface area (Å²) in [6.45, 7) is 6.73. The highest BCUT2D eigenvalue weighted by atomic mass is 32.2. The lowest BCUT2D eigenvalue weighted by atomic mass is 10.1. The summed E-state index contributed by atoms with van der Waals surface area (Å²) in [5.41, 5.74) is 0.142. The summed E-state index contributed by atoms with van der Waals surface area (Å²) in [7, 11) is 0. The molecule has 0 fully saturated rings. The second kappa shape index (κ2) is 8.93. The zero-order valence-electron chi connectivity index (χ0n) is 17.6. The first-order valence-electron chi connectivity index (χ1n) is 9.45. The molecule has 3 rings (SSSR count). The van der Waals surface area contributed by atoms with Crippen LogP contribution in [0.3, 0.4) is 0 Å². The van der Waals surface area contributed by atoms with Gasteiger partial charge in [0.15, 0.2) is 23.3 Å². The molecule has 0 saturated carbocycles. The van der Waals surface area contributed by atoms with Gasteiger partial charge in [-0.25, -0.2) is 26.6 Å². The average Bonchev–Trinajstić information content (AvgIpc) is 3.04. The number of ether oxygens (including phenoxy) is 1. The highest BCUT2D eigenvalue weighted by Gasteiger charge is 2.31. The molecule has 1 heterocycles. The van der Waals surface area contributed by atoms with Crippen LogP contribution in [0, 0.1) is 36.0 Å². The van der Waals surface area contributed by atoms with E-state index in [1.807, 2.05) is 0 Å². The Bertz CT molecular complexity index is 1140. The van der Waals surface area contributed by atoms with Crippen molar-refractivity contribution in [2.24, 2.45) is 0 Å². The van der Waals surface area contributed by atoms with E-state index in [0.717, 1.165) is 0 Å². The molecule has 0 saturated heterocycles. The quantitative estimate of drug-likeness (QED) is 0.200. The predicted octanol–water partition coefficient (Wildman–Crippen LogP) is 5.94. The lowest BCUT2D eigenvalue weighted by Gasteiger charge is -2.22. The zero-order chi connectivity index (χ0) is 23.8. The van der Waals surface area contributed by atoms with Crippen molar-refractivity contribution in [3.8, 4) is 5.88 Å². The number of esters is 1. The van der Waals surface area contributed by atoms with Gasteiger partial charge in [0.1, 0.15) is 0 Å². The fourth-order valence-corrected chi connectivity index (χ4v) is 3.80. The van der Waals surface area contributed by atoms with Gasteiger partial charge in [-0.1, -0.05) is 42.1 Å². The number of aromatic nitrogens is 2. The molecule has 0 N–H and O–H groups in total. The third kappa shape index (κ3) is 4.64. The normalized spacial score (nSPS) is 11.7. The largest absolute Gasteiger partial charge is 0.406 e. The Morgan fingerprint density at radius 2 is 1.47 bits per heavy atom. The minimum Gasteiger partial charge on any atom is -0.406 e. The first-order valence-corrected chi connectivity index (χ1v) is 10.3. The van der Waals surface area contributed by atoms with Crippen LogP contribution in [0.15, 0.2) is 40.1 Å². The Morgan fingerprint density at radius 3 is 2.00 bits per heavy atom. The number of nitrogens with zero attached hydrogens (tertiary/aromatic N) is 2. The van der Waals surface area contributed by atoms with Crippen LogP contribution in [0.25, 0.3) is 0 Å². The minimum atomic E-state index is -2.25. The van der Waals surface area contributed by atoms with Crippen molar-refractivity contribution >= 4 is 17.7 Å². The van der Waals surface area contributed by atoms with Crippen LogP contribution in [0.1, 0.15) is 32.0 Å². The third-order valence-electron chi connectivity index (χ3n) is 4.38. The maximum absolute atomic E-state index is 14.3. The molecule has 0 aliphatic heterocycles. The molecule has 2 aromatic carbocycles. The van der Waals surface area contributed by atoms with Crippen molar-refractivity contribution in [3.05, 3.63) is 70.7 Å². The van der Waals surface area contributed by atoms with Crippen LogP contribution in [-0.2, 0) is 16.8 Å². The summed E-state index contributed by atoms with van der Waals surface area (Å²) in [5.74, 6) is -11.1. The smallest absolute Gasteiger partial charge is 0.317 e. The van der Waals surface area contributed by atoms with Crippen molar-refractivity contribution in [1.29, 1.82) is 0 Å². The molecule has 10 heteroatoms. The molecule has 4 nitrogen and oxygen atoms in total. The Hall–Kier alpha value is -2.88. The number of carbonyl (C=O) groups excluding carboxylic acids is 1. The number of aryl methyl sites for hydroxylation is 1. The molecule has 0 atom stereocenters. The average molecular weight is 470 g/mol. The van der Waals surface area contributed by atoms with Gasteiger partial charge in [-0.2, -0.15) is 5.10 Å². The molecule has 0 aliphatic carbocycles. The Labute approximate surface area is 185 Å². The van der Waals surface area contributed by atoms with Crippen molar-refractivity contribution < 1.29 is 31.5 Å². The van der Waals surface area contributed by atoms with Crippen LogP contribution in [-0.4, -0.2) is 15.7 Å². The van der Waals surface area contributed by atoms with Crippen LogP contribution in [0.5, 0.6) is 5.88 Å². The predicted molar refractivity (Wildman–Crippen MR) is 108 cm³/mol. The van der Waals surface area contributed by atoms with Gasteiger partial charge in [-0.05, 0) is 33.3 Å². The fraction of sp³-hybridized carbons (Fsp3) is 0.273. The second-order valence-electron chi connectivity index (χ2n) is 7.94. The van der Waals surface area contributed by atoms with Crippen LogP contribution < -0.4 is 4.74 Å². The van der Waals surface area contributed by atoms with Gasteiger partial charge < -0.3 is 4.74 Å². The molecule has 0 unspecified atom stereocenters. The summed E-state index contributed by atoms with van der Waals surface area (Å²) >= 11 is 0.259. The first kappa shape index (κ1) is 23.8. The van der Waals surface area contributed by atoms with E-state index in [1.165, 1.54) is 11.6 Å². The van der Waals surface area contributed by atoms with Gasteiger partial charge in [-0.3, -0.25) is 4.79 Å². The van der Waals surface area contributed by atoms with Gasteiger partial charge in [0.05, 0.1) is 27.4 Å². The van der Waals surface area contributed by atoms with Crippen LogP contribution in [0.2, 0.25) is 0 Å². The van der Waals surface area contributed by atoms with Crippen molar-refractivity contribution in [2.75, 3.05) is 0 Å². The van der Waals surface area contributed by atoms with E-state index >= 15 is 0 Å². The summed E-state index contributed by atoms with van der Waals surface area (Å²) in [6, 6.07) is 8.72. The summed E-state index contributed by atoms with van der Waals surface area (Å²) in [4.78, 5) is 11.4. The van der Waals surface area contributed by atoms with Crippen LogP contribution in [0.4, 0.5) is 22.0 Å². The number of carbonyl (C=O) groups is 1. The number of rotatable bonds is 5. The van der Waals surface area contributed by atoms with E-state index in [2.05, 4.69) is 5.10 Å². The number of hydrogen-bond donors (Lipinski definition) is 0. The molecule has 0 aliphatic rings. The van der Waals surface area contributed by atoms with E-state index < -0.39 is 45.5 Å². The summed E-state index contributed by atoms with van der Waals surface area (Å²) in [6.07, 6.45) is -0.0954. The Kier molecular flexibility index (Phi) is 6.64. The summed E-state index contributed by atoms with van der Waals surface area (Å²) in [5, 5.41) is 4.27. The van der Waals surface area contributed by atoms with E-state index in [9.17, 15) is 26.7 Å². The SMILES string of the molecule is Cc1nn(C(C)(C)C)c(OC(=O)Cc2ccccc2)c1Sc1c(F)c(F)c(F)c(F)c1F. The Balaban J connectivity index is 2.06. The molecule has 0 bridgehead atoms. The maximum atomic E-state index is 14.3. The molecular weight excluding hydrogens is 451 g/mol. The van der Waals surface area contributed by atoms with Crippen LogP contribution >= 0.6 is 11.8 Å². The zero-order valence-corrected chi connectivity index (χ0v) is 18.4. The van der Waals surface area contributed by atoms with Gasteiger partial charge >= 0.3 is 5.97 Å². The monoisotopic (exact) mass is 470 g/mol. The highest BCUT2D eigenvalue weighted by molar-refractivity contribution is 7.99. The summed E-state index contributed by atoms with van der Waals surface area (Å²) < 4.78 is 76.1. The first-order chi connectivity index (χ1) is 14.9. The molecule has 32 heavy (non-hydrogen) atoms. The molecule has 3 aromatic rings. The number of hydrogen-bond acceptors (Lipinski definition) is 4. The van der Waals surface area contributed by atoms with Crippen molar-refractivity contribution in [2.45, 2.75) is 49.4 Å². The molecule has 0 spiro atoms. The van der Waals surface area contributed by atoms with Gasteiger partial charge in [0.25, 0.3) is 0 Å². The molecule has 0 radical (unpaired) electrons. The molecule has 170 valence electrons.